The van der Waals surface area contributed by atoms with Gasteiger partial charge in [-0.3, -0.25) is 4.99 Å². The number of aromatic nitrogens is 2. The molecule has 1 aromatic rings. The second kappa shape index (κ2) is 8.31. The standard InChI is InChI=1S/C17H31N5O/c1-12(2)16-20-15(23-21-16)7-6-8-19-17(18-5)22-10-13(3)9-14(4)11-22/h12-14H,6-11H2,1-5H3,(H,18,19). The molecule has 0 spiro atoms. The first-order chi connectivity index (χ1) is 11.0. The molecule has 2 rings (SSSR count). The Morgan fingerprint density at radius 2 is 2.04 bits per heavy atom. The zero-order chi connectivity index (χ0) is 16.8. The SMILES string of the molecule is CN=C(NCCCc1nc(C(C)C)no1)N1CC(C)CC(C)C1. The first kappa shape index (κ1) is 17.8. The van der Waals surface area contributed by atoms with Crippen LogP contribution in [0.15, 0.2) is 9.52 Å². The van der Waals surface area contributed by atoms with Crippen LogP contribution in [0.5, 0.6) is 0 Å². The van der Waals surface area contributed by atoms with E-state index >= 15 is 0 Å². The van der Waals surface area contributed by atoms with Gasteiger partial charge in [-0.1, -0.05) is 32.9 Å². The van der Waals surface area contributed by atoms with Gasteiger partial charge < -0.3 is 14.7 Å². The highest BCUT2D eigenvalue weighted by molar-refractivity contribution is 5.79. The Bertz CT molecular complexity index is 501. The van der Waals surface area contributed by atoms with Crippen LogP contribution in [0, 0.1) is 11.8 Å². The average Bonchev–Trinajstić information content (AvgIpc) is 2.95. The van der Waals surface area contributed by atoms with E-state index in [0.717, 1.165) is 62.0 Å². The highest BCUT2D eigenvalue weighted by Crippen LogP contribution is 2.20. The van der Waals surface area contributed by atoms with Crippen molar-refractivity contribution in [3.63, 3.8) is 0 Å². The van der Waals surface area contributed by atoms with Crippen LogP contribution in [0.1, 0.15) is 58.2 Å². The molecule has 0 saturated carbocycles. The van der Waals surface area contributed by atoms with Crippen LogP contribution in [0.4, 0.5) is 0 Å². The highest BCUT2D eigenvalue weighted by Gasteiger charge is 2.23. The Labute approximate surface area is 139 Å². The monoisotopic (exact) mass is 321 g/mol. The second-order valence-electron chi connectivity index (χ2n) is 7.13. The van der Waals surface area contributed by atoms with Crippen LogP contribution >= 0.6 is 0 Å². The van der Waals surface area contributed by atoms with E-state index in [1.165, 1.54) is 6.42 Å². The number of aliphatic imine (C=N–C) groups is 1. The normalized spacial score (nSPS) is 22.7. The number of nitrogens with one attached hydrogen (secondary N) is 1. The molecule has 130 valence electrons. The predicted molar refractivity (Wildman–Crippen MR) is 92.6 cm³/mol. The van der Waals surface area contributed by atoms with Crippen LogP contribution in [-0.2, 0) is 6.42 Å². The fourth-order valence-corrected chi connectivity index (χ4v) is 3.21. The Kier molecular flexibility index (Phi) is 6.42. The summed E-state index contributed by atoms with van der Waals surface area (Å²) in [5.74, 6) is 4.30. The van der Waals surface area contributed by atoms with E-state index in [1.54, 1.807) is 0 Å². The van der Waals surface area contributed by atoms with Gasteiger partial charge >= 0.3 is 0 Å². The fourth-order valence-electron chi connectivity index (χ4n) is 3.21. The van der Waals surface area contributed by atoms with Crippen LogP contribution < -0.4 is 5.32 Å². The van der Waals surface area contributed by atoms with Crippen molar-refractivity contribution < 1.29 is 4.52 Å². The molecule has 2 unspecified atom stereocenters. The molecule has 0 aromatic carbocycles. The summed E-state index contributed by atoms with van der Waals surface area (Å²) in [5, 5.41) is 7.46. The van der Waals surface area contributed by atoms with Crippen molar-refractivity contribution >= 4 is 5.96 Å². The summed E-state index contributed by atoms with van der Waals surface area (Å²) in [6.45, 7) is 11.8. The third-order valence-corrected chi connectivity index (χ3v) is 4.23. The van der Waals surface area contributed by atoms with Crippen molar-refractivity contribution in [2.24, 2.45) is 16.8 Å². The van der Waals surface area contributed by atoms with Crippen molar-refractivity contribution in [3.8, 4) is 0 Å². The molecule has 6 heteroatoms. The maximum atomic E-state index is 5.27. The lowest BCUT2D eigenvalue weighted by molar-refractivity contribution is 0.208. The molecule has 1 fully saturated rings. The minimum absolute atomic E-state index is 0.313. The van der Waals surface area contributed by atoms with E-state index in [2.05, 4.69) is 53.0 Å². The molecule has 0 amide bonds. The molecule has 1 aliphatic rings. The summed E-state index contributed by atoms with van der Waals surface area (Å²) < 4.78 is 5.27. The number of rotatable bonds is 5. The van der Waals surface area contributed by atoms with Crippen molar-refractivity contribution in [2.75, 3.05) is 26.7 Å². The van der Waals surface area contributed by atoms with Crippen LogP contribution in [0.25, 0.3) is 0 Å². The van der Waals surface area contributed by atoms with E-state index in [-0.39, 0.29) is 0 Å². The number of aryl methyl sites for hydroxylation is 1. The van der Waals surface area contributed by atoms with Gasteiger partial charge in [0.2, 0.25) is 5.89 Å². The molecule has 2 heterocycles. The lowest BCUT2D eigenvalue weighted by atomic mass is 9.92. The number of likely N-dealkylation sites (tertiary alicyclic amines) is 1. The number of hydrogen-bond acceptors (Lipinski definition) is 4. The van der Waals surface area contributed by atoms with E-state index in [0.29, 0.717) is 5.92 Å². The molecule has 0 radical (unpaired) electrons. The quantitative estimate of drug-likeness (QED) is 0.513. The molecule has 1 saturated heterocycles. The van der Waals surface area contributed by atoms with E-state index in [1.807, 2.05) is 7.05 Å². The van der Waals surface area contributed by atoms with Crippen LogP contribution in [-0.4, -0.2) is 47.7 Å². The molecule has 1 aromatic heterocycles. The van der Waals surface area contributed by atoms with Crippen molar-refractivity contribution in [1.29, 1.82) is 0 Å². The fraction of sp³-hybridized carbons (Fsp3) is 0.824. The minimum atomic E-state index is 0.313. The Morgan fingerprint density at radius 1 is 1.35 bits per heavy atom. The van der Waals surface area contributed by atoms with Gasteiger partial charge in [-0.25, -0.2) is 0 Å². The Morgan fingerprint density at radius 3 is 2.61 bits per heavy atom. The second-order valence-corrected chi connectivity index (χ2v) is 7.13. The van der Waals surface area contributed by atoms with Crippen molar-refractivity contribution in [1.82, 2.24) is 20.4 Å². The van der Waals surface area contributed by atoms with E-state index < -0.39 is 0 Å². The zero-order valence-electron chi connectivity index (χ0n) is 15.2. The van der Waals surface area contributed by atoms with Crippen LogP contribution in [0.3, 0.4) is 0 Å². The summed E-state index contributed by atoms with van der Waals surface area (Å²) in [5.41, 5.74) is 0. The highest BCUT2D eigenvalue weighted by atomic mass is 16.5. The zero-order valence-corrected chi connectivity index (χ0v) is 15.2. The average molecular weight is 321 g/mol. The Hall–Kier alpha value is -1.59. The Balaban J connectivity index is 1.75. The van der Waals surface area contributed by atoms with Crippen molar-refractivity contribution in [3.05, 3.63) is 11.7 Å². The van der Waals surface area contributed by atoms with Gasteiger partial charge in [0.05, 0.1) is 0 Å². The third kappa shape index (κ3) is 5.22. The first-order valence-electron chi connectivity index (χ1n) is 8.77. The molecule has 23 heavy (non-hydrogen) atoms. The third-order valence-electron chi connectivity index (χ3n) is 4.23. The number of piperidine rings is 1. The first-order valence-corrected chi connectivity index (χ1v) is 8.77. The van der Waals surface area contributed by atoms with E-state index in [9.17, 15) is 0 Å². The van der Waals surface area contributed by atoms with Gasteiger partial charge in [-0.05, 0) is 24.7 Å². The topological polar surface area (TPSA) is 66.5 Å². The number of hydrogen-bond donors (Lipinski definition) is 1. The molecule has 2 atom stereocenters. The number of nitrogens with zero attached hydrogens (tertiary/aromatic N) is 4. The molecule has 1 aliphatic heterocycles. The van der Waals surface area contributed by atoms with Gasteiger partial charge in [0.25, 0.3) is 0 Å². The molecular weight excluding hydrogens is 290 g/mol. The molecule has 0 aliphatic carbocycles. The maximum Gasteiger partial charge on any atom is 0.226 e. The smallest absolute Gasteiger partial charge is 0.226 e. The molecular formula is C17H31N5O. The van der Waals surface area contributed by atoms with Crippen molar-refractivity contribution in [2.45, 2.75) is 52.9 Å². The van der Waals surface area contributed by atoms with Gasteiger partial charge in [-0.15, -0.1) is 0 Å². The van der Waals surface area contributed by atoms with Crippen LogP contribution in [0.2, 0.25) is 0 Å². The molecule has 1 N–H and O–H groups in total. The minimum Gasteiger partial charge on any atom is -0.356 e. The lowest BCUT2D eigenvalue weighted by Crippen LogP contribution is -2.48. The van der Waals surface area contributed by atoms with Gasteiger partial charge in [0.1, 0.15) is 0 Å². The maximum absolute atomic E-state index is 5.27. The van der Waals surface area contributed by atoms with Gasteiger partial charge in [-0.2, -0.15) is 4.98 Å². The van der Waals surface area contributed by atoms with Gasteiger partial charge in [0, 0.05) is 39.0 Å². The predicted octanol–water partition coefficient (Wildman–Crippen LogP) is 2.68. The largest absolute Gasteiger partial charge is 0.356 e. The summed E-state index contributed by atoms with van der Waals surface area (Å²) in [7, 11) is 1.86. The van der Waals surface area contributed by atoms with E-state index in [4.69, 9.17) is 4.52 Å². The summed E-state index contributed by atoms with van der Waals surface area (Å²) in [4.78, 5) is 11.2. The summed E-state index contributed by atoms with van der Waals surface area (Å²) in [6.07, 6.45) is 3.07. The molecule has 6 nitrogen and oxygen atoms in total. The number of guanidine groups is 1. The lowest BCUT2D eigenvalue weighted by Gasteiger charge is -2.37. The molecule has 0 bridgehead atoms. The van der Waals surface area contributed by atoms with Gasteiger partial charge in [0.15, 0.2) is 11.8 Å². The summed E-state index contributed by atoms with van der Waals surface area (Å²) >= 11 is 0. The summed E-state index contributed by atoms with van der Waals surface area (Å²) in [6, 6.07) is 0.